The van der Waals surface area contributed by atoms with Crippen molar-refractivity contribution in [3.63, 3.8) is 0 Å². The standard InChI is InChI=1S/C18H19NO2/c1-2-19-11-10-14-13-20-18-9-8-16(12-17(14)18)21-15-6-4-3-5-7-15/h3-9,12-13,19H,2,10-11H2,1H3. The van der Waals surface area contributed by atoms with Gasteiger partial charge in [-0.25, -0.2) is 0 Å². The lowest BCUT2D eigenvalue weighted by atomic mass is 10.1. The summed E-state index contributed by atoms with van der Waals surface area (Å²) < 4.78 is 11.5. The molecule has 0 saturated carbocycles. The molecule has 1 N–H and O–H groups in total. The van der Waals surface area contributed by atoms with Crippen LogP contribution in [0.25, 0.3) is 11.0 Å². The molecule has 0 amide bonds. The lowest BCUT2D eigenvalue weighted by Gasteiger charge is -2.06. The van der Waals surface area contributed by atoms with Gasteiger partial charge in [0, 0.05) is 5.39 Å². The molecule has 1 aromatic heterocycles. The van der Waals surface area contributed by atoms with Crippen molar-refractivity contribution in [2.45, 2.75) is 13.3 Å². The van der Waals surface area contributed by atoms with Crippen LogP contribution in [0.15, 0.2) is 59.2 Å². The summed E-state index contributed by atoms with van der Waals surface area (Å²) in [5.41, 5.74) is 2.12. The van der Waals surface area contributed by atoms with Crippen molar-refractivity contribution in [1.82, 2.24) is 5.32 Å². The van der Waals surface area contributed by atoms with Crippen molar-refractivity contribution in [2.75, 3.05) is 13.1 Å². The molecule has 0 atom stereocenters. The highest BCUT2D eigenvalue weighted by Crippen LogP contribution is 2.28. The van der Waals surface area contributed by atoms with Crippen LogP contribution in [-0.4, -0.2) is 13.1 Å². The van der Waals surface area contributed by atoms with Gasteiger partial charge in [-0.05, 0) is 55.4 Å². The Labute approximate surface area is 124 Å². The third kappa shape index (κ3) is 3.26. The Morgan fingerprint density at radius 1 is 1.05 bits per heavy atom. The molecule has 3 nitrogen and oxygen atoms in total. The van der Waals surface area contributed by atoms with Crippen molar-refractivity contribution in [1.29, 1.82) is 0 Å². The first-order valence-electron chi connectivity index (χ1n) is 7.30. The van der Waals surface area contributed by atoms with E-state index >= 15 is 0 Å². The maximum atomic E-state index is 5.88. The van der Waals surface area contributed by atoms with Crippen LogP contribution in [0.1, 0.15) is 12.5 Å². The monoisotopic (exact) mass is 281 g/mol. The highest BCUT2D eigenvalue weighted by Gasteiger charge is 2.07. The number of nitrogens with one attached hydrogen (secondary N) is 1. The smallest absolute Gasteiger partial charge is 0.134 e. The molecular formula is C18H19NO2. The predicted molar refractivity (Wildman–Crippen MR) is 85.0 cm³/mol. The molecule has 0 aliphatic carbocycles. The molecule has 0 bridgehead atoms. The highest BCUT2D eigenvalue weighted by molar-refractivity contribution is 5.82. The van der Waals surface area contributed by atoms with Gasteiger partial charge >= 0.3 is 0 Å². The van der Waals surface area contributed by atoms with Crippen molar-refractivity contribution >= 4 is 11.0 Å². The second-order valence-electron chi connectivity index (χ2n) is 4.94. The fourth-order valence-corrected chi connectivity index (χ4v) is 2.34. The van der Waals surface area contributed by atoms with Gasteiger partial charge in [-0.1, -0.05) is 25.1 Å². The summed E-state index contributed by atoms with van der Waals surface area (Å²) in [6.07, 6.45) is 2.80. The molecule has 0 spiro atoms. The molecule has 0 fully saturated rings. The van der Waals surface area contributed by atoms with Crippen LogP contribution >= 0.6 is 0 Å². The van der Waals surface area contributed by atoms with Crippen LogP contribution in [0.4, 0.5) is 0 Å². The van der Waals surface area contributed by atoms with E-state index in [1.165, 1.54) is 5.56 Å². The fourth-order valence-electron chi connectivity index (χ4n) is 2.34. The molecule has 3 rings (SSSR count). The predicted octanol–water partition coefficient (Wildman–Crippen LogP) is 4.38. The molecule has 0 radical (unpaired) electrons. The summed E-state index contributed by atoms with van der Waals surface area (Å²) in [5.74, 6) is 1.68. The number of para-hydroxylation sites is 1. The van der Waals surface area contributed by atoms with Crippen LogP contribution in [0.2, 0.25) is 0 Å². The minimum Gasteiger partial charge on any atom is -0.464 e. The van der Waals surface area contributed by atoms with E-state index in [-0.39, 0.29) is 0 Å². The summed E-state index contributed by atoms with van der Waals surface area (Å²) in [4.78, 5) is 0. The first-order valence-corrected chi connectivity index (χ1v) is 7.30. The maximum Gasteiger partial charge on any atom is 0.134 e. The zero-order valence-electron chi connectivity index (χ0n) is 12.1. The van der Waals surface area contributed by atoms with E-state index in [1.807, 2.05) is 54.8 Å². The second-order valence-corrected chi connectivity index (χ2v) is 4.94. The van der Waals surface area contributed by atoms with Crippen molar-refractivity contribution in [2.24, 2.45) is 0 Å². The zero-order chi connectivity index (χ0) is 14.5. The molecule has 0 aliphatic heterocycles. The Bertz CT molecular complexity index is 704. The molecule has 2 aromatic carbocycles. The first-order chi connectivity index (χ1) is 10.4. The van der Waals surface area contributed by atoms with Gasteiger partial charge in [-0.2, -0.15) is 0 Å². The van der Waals surface area contributed by atoms with Gasteiger partial charge < -0.3 is 14.5 Å². The van der Waals surface area contributed by atoms with Crippen LogP contribution < -0.4 is 10.1 Å². The summed E-state index contributed by atoms with van der Waals surface area (Å²) in [7, 11) is 0. The van der Waals surface area contributed by atoms with E-state index in [9.17, 15) is 0 Å². The lowest BCUT2D eigenvalue weighted by molar-refractivity contribution is 0.483. The van der Waals surface area contributed by atoms with E-state index in [2.05, 4.69) is 12.2 Å². The fraction of sp³-hybridized carbons (Fsp3) is 0.222. The average molecular weight is 281 g/mol. The average Bonchev–Trinajstić information content (AvgIpc) is 2.91. The third-order valence-corrected chi connectivity index (χ3v) is 3.43. The number of hydrogen-bond donors (Lipinski definition) is 1. The zero-order valence-corrected chi connectivity index (χ0v) is 12.1. The lowest BCUT2D eigenvalue weighted by Crippen LogP contribution is -2.15. The van der Waals surface area contributed by atoms with Gasteiger partial charge in [0.2, 0.25) is 0 Å². The van der Waals surface area contributed by atoms with Gasteiger partial charge in [-0.3, -0.25) is 0 Å². The van der Waals surface area contributed by atoms with Gasteiger partial charge in [0.15, 0.2) is 0 Å². The molecule has 0 saturated heterocycles. The second kappa shape index (κ2) is 6.46. The Balaban J connectivity index is 1.82. The topological polar surface area (TPSA) is 34.4 Å². The SMILES string of the molecule is CCNCCc1coc2ccc(Oc3ccccc3)cc12. The summed E-state index contributed by atoms with van der Waals surface area (Å²) in [6.45, 7) is 4.05. The van der Waals surface area contributed by atoms with Gasteiger partial charge in [0.25, 0.3) is 0 Å². The normalized spacial score (nSPS) is 10.9. The van der Waals surface area contributed by atoms with Crippen LogP contribution in [-0.2, 0) is 6.42 Å². The van der Waals surface area contributed by atoms with Crippen LogP contribution in [0, 0.1) is 0 Å². The Kier molecular flexibility index (Phi) is 4.22. The molecular weight excluding hydrogens is 262 g/mol. The van der Waals surface area contributed by atoms with E-state index in [4.69, 9.17) is 9.15 Å². The quantitative estimate of drug-likeness (QED) is 0.681. The number of ether oxygens (including phenoxy) is 1. The van der Waals surface area contributed by atoms with E-state index in [1.54, 1.807) is 0 Å². The van der Waals surface area contributed by atoms with Gasteiger partial charge in [-0.15, -0.1) is 0 Å². The number of fused-ring (bicyclic) bond motifs is 1. The number of benzene rings is 2. The van der Waals surface area contributed by atoms with Gasteiger partial charge in [0.1, 0.15) is 17.1 Å². The summed E-state index contributed by atoms with van der Waals surface area (Å²) in [6, 6.07) is 15.8. The van der Waals surface area contributed by atoms with Crippen LogP contribution in [0.5, 0.6) is 11.5 Å². The molecule has 21 heavy (non-hydrogen) atoms. The summed E-state index contributed by atoms with van der Waals surface area (Å²) in [5, 5.41) is 4.46. The van der Waals surface area contributed by atoms with E-state index in [0.717, 1.165) is 42.0 Å². The molecule has 0 unspecified atom stereocenters. The maximum absolute atomic E-state index is 5.88. The van der Waals surface area contributed by atoms with Crippen molar-refractivity contribution < 1.29 is 9.15 Å². The van der Waals surface area contributed by atoms with E-state index in [0.29, 0.717) is 0 Å². The highest BCUT2D eigenvalue weighted by atomic mass is 16.5. The minimum absolute atomic E-state index is 0.833. The largest absolute Gasteiger partial charge is 0.464 e. The van der Waals surface area contributed by atoms with Crippen molar-refractivity contribution in [3.8, 4) is 11.5 Å². The van der Waals surface area contributed by atoms with E-state index < -0.39 is 0 Å². The van der Waals surface area contributed by atoms with Gasteiger partial charge in [0.05, 0.1) is 6.26 Å². The Morgan fingerprint density at radius 2 is 1.90 bits per heavy atom. The minimum atomic E-state index is 0.833. The Morgan fingerprint density at radius 3 is 2.71 bits per heavy atom. The van der Waals surface area contributed by atoms with Crippen molar-refractivity contribution in [3.05, 3.63) is 60.4 Å². The third-order valence-electron chi connectivity index (χ3n) is 3.43. The Hall–Kier alpha value is -2.26. The van der Waals surface area contributed by atoms with Crippen LogP contribution in [0.3, 0.4) is 0 Å². The molecule has 108 valence electrons. The first kappa shape index (κ1) is 13.7. The number of furan rings is 1. The number of rotatable bonds is 6. The molecule has 3 heteroatoms. The number of likely N-dealkylation sites (N-methyl/N-ethyl adjacent to an activating group) is 1. The summed E-state index contributed by atoms with van der Waals surface area (Å²) >= 11 is 0. The number of hydrogen-bond acceptors (Lipinski definition) is 3. The molecule has 0 aliphatic rings. The molecule has 3 aromatic rings. The molecule has 1 heterocycles.